The average molecular weight is 255 g/mol. The zero-order chi connectivity index (χ0) is 13.1. The fraction of sp³-hybridized carbons (Fsp3) is 0.462. The van der Waals surface area contributed by atoms with Crippen LogP contribution in [0.4, 0.5) is 8.78 Å². The predicted octanol–water partition coefficient (Wildman–Crippen LogP) is 2.26. The van der Waals surface area contributed by atoms with Gasteiger partial charge in [0.25, 0.3) is 0 Å². The standard InChI is InChI=1S/C13H15F2NO2/c14-11-2-1-3-12(15)10(11)8-16-5-4-9(7-16)6-13(17)18/h1-3,9H,4-8H2,(H,17,18). The van der Waals surface area contributed by atoms with Crippen molar-refractivity contribution in [1.29, 1.82) is 0 Å². The van der Waals surface area contributed by atoms with Crippen molar-refractivity contribution in [2.24, 2.45) is 5.92 Å². The molecule has 0 bridgehead atoms. The van der Waals surface area contributed by atoms with Gasteiger partial charge < -0.3 is 5.11 Å². The van der Waals surface area contributed by atoms with Crippen LogP contribution < -0.4 is 0 Å². The maximum absolute atomic E-state index is 13.5. The Morgan fingerprint density at radius 3 is 2.67 bits per heavy atom. The number of carboxylic acids is 1. The van der Waals surface area contributed by atoms with E-state index in [-0.39, 0.29) is 24.4 Å². The predicted molar refractivity (Wildman–Crippen MR) is 62.0 cm³/mol. The van der Waals surface area contributed by atoms with Gasteiger partial charge in [0.2, 0.25) is 0 Å². The molecule has 98 valence electrons. The molecule has 1 aliphatic heterocycles. The van der Waals surface area contributed by atoms with Crippen LogP contribution in [-0.2, 0) is 11.3 Å². The first-order valence-electron chi connectivity index (χ1n) is 5.93. The van der Waals surface area contributed by atoms with Gasteiger partial charge in [-0.3, -0.25) is 9.69 Å². The summed E-state index contributed by atoms with van der Waals surface area (Å²) in [5, 5.41) is 8.70. The lowest BCUT2D eigenvalue weighted by Gasteiger charge is -2.16. The van der Waals surface area contributed by atoms with Gasteiger partial charge in [-0.15, -0.1) is 0 Å². The quantitative estimate of drug-likeness (QED) is 0.897. The molecule has 1 unspecified atom stereocenters. The fourth-order valence-corrected chi connectivity index (χ4v) is 2.38. The first-order valence-corrected chi connectivity index (χ1v) is 5.93. The molecule has 2 rings (SSSR count). The summed E-state index contributed by atoms with van der Waals surface area (Å²) in [4.78, 5) is 12.5. The van der Waals surface area contributed by atoms with Gasteiger partial charge in [0.1, 0.15) is 11.6 Å². The molecule has 3 nitrogen and oxygen atoms in total. The Bertz CT molecular complexity index is 430. The molecule has 0 amide bonds. The Hall–Kier alpha value is -1.49. The highest BCUT2D eigenvalue weighted by atomic mass is 19.1. The number of hydrogen-bond donors (Lipinski definition) is 1. The van der Waals surface area contributed by atoms with Crippen LogP contribution in [0.25, 0.3) is 0 Å². The van der Waals surface area contributed by atoms with Crippen molar-refractivity contribution in [3.05, 3.63) is 35.4 Å². The van der Waals surface area contributed by atoms with Gasteiger partial charge in [-0.05, 0) is 31.0 Å². The number of benzene rings is 1. The van der Waals surface area contributed by atoms with Gasteiger partial charge in [0.05, 0.1) is 0 Å². The molecule has 1 aliphatic rings. The summed E-state index contributed by atoms with van der Waals surface area (Å²) < 4.78 is 26.9. The van der Waals surface area contributed by atoms with E-state index in [2.05, 4.69) is 0 Å². The lowest BCUT2D eigenvalue weighted by atomic mass is 10.1. The lowest BCUT2D eigenvalue weighted by Crippen LogP contribution is -2.22. The molecule has 18 heavy (non-hydrogen) atoms. The molecule has 1 heterocycles. The number of likely N-dealkylation sites (tertiary alicyclic amines) is 1. The average Bonchev–Trinajstić information content (AvgIpc) is 2.70. The van der Waals surface area contributed by atoms with E-state index in [1.54, 1.807) is 0 Å². The summed E-state index contributed by atoms with van der Waals surface area (Å²) in [6.45, 7) is 1.47. The van der Waals surface area contributed by atoms with Crippen LogP contribution in [0.3, 0.4) is 0 Å². The van der Waals surface area contributed by atoms with E-state index in [4.69, 9.17) is 5.11 Å². The molecule has 1 aromatic rings. The molecule has 0 saturated carbocycles. The molecular weight excluding hydrogens is 240 g/mol. The molecule has 0 radical (unpaired) electrons. The van der Waals surface area contributed by atoms with Crippen LogP contribution in [0.2, 0.25) is 0 Å². The molecule has 5 heteroatoms. The molecule has 1 aromatic carbocycles. The van der Waals surface area contributed by atoms with E-state index >= 15 is 0 Å². The van der Waals surface area contributed by atoms with Gasteiger partial charge in [-0.1, -0.05) is 6.07 Å². The van der Waals surface area contributed by atoms with Gasteiger partial charge in [0.15, 0.2) is 0 Å². The number of aliphatic carboxylic acids is 1. The van der Waals surface area contributed by atoms with Gasteiger partial charge in [0, 0.05) is 25.1 Å². The Labute approximate surface area is 104 Å². The third-order valence-electron chi connectivity index (χ3n) is 3.28. The van der Waals surface area contributed by atoms with Gasteiger partial charge in [-0.25, -0.2) is 8.78 Å². The smallest absolute Gasteiger partial charge is 0.303 e. The normalized spacial score (nSPS) is 20.2. The minimum atomic E-state index is -0.820. The second kappa shape index (κ2) is 5.44. The number of halogens is 2. The van der Waals surface area contributed by atoms with Crippen molar-refractivity contribution in [3.8, 4) is 0 Å². The second-order valence-electron chi connectivity index (χ2n) is 4.69. The van der Waals surface area contributed by atoms with E-state index < -0.39 is 17.6 Å². The number of nitrogens with zero attached hydrogens (tertiary/aromatic N) is 1. The number of carbonyl (C=O) groups is 1. The second-order valence-corrected chi connectivity index (χ2v) is 4.69. The van der Waals surface area contributed by atoms with E-state index in [1.165, 1.54) is 18.2 Å². The van der Waals surface area contributed by atoms with Crippen LogP contribution in [0.1, 0.15) is 18.4 Å². The van der Waals surface area contributed by atoms with Crippen LogP contribution >= 0.6 is 0 Å². The molecule has 1 N–H and O–H groups in total. The zero-order valence-electron chi connectivity index (χ0n) is 9.90. The highest BCUT2D eigenvalue weighted by Crippen LogP contribution is 2.23. The molecule has 0 aromatic heterocycles. The lowest BCUT2D eigenvalue weighted by molar-refractivity contribution is -0.138. The van der Waals surface area contributed by atoms with Crippen molar-refractivity contribution in [2.45, 2.75) is 19.4 Å². The summed E-state index contributed by atoms with van der Waals surface area (Å²) in [5.74, 6) is -1.83. The van der Waals surface area contributed by atoms with Gasteiger partial charge >= 0.3 is 5.97 Å². The van der Waals surface area contributed by atoms with Gasteiger partial charge in [-0.2, -0.15) is 0 Å². The minimum Gasteiger partial charge on any atom is -0.481 e. The van der Waals surface area contributed by atoms with E-state index in [9.17, 15) is 13.6 Å². The van der Waals surface area contributed by atoms with Crippen LogP contribution in [-0.4, -0.2) is 29.1 Å². The zero-order valence-corrected chi connectivity index (χ0v) is 9.90. The van der Waals surface area contributed by atoms with Crippen LogP contribution in [0, 0.1) is 17.6 Å². The Kier molecular flexibility index (Phi) is 3.91. The fourth-order valence-electron chi connectivity index (χ4n) is 2.38. The SMILES string of the molecule is O=C(O)CC1CCN(Cc2c(F)cccc2F)C1. The number of hydrogen-bond acceptors (Lipinski definition) is 2. The molecular formula is C13H15F2NO2. The third kappa shape index (κ3) is 3.04. The minimum absolute atomic E-state index is 0.0634. The summed E-state index contributed by atoms with van der Waals surface area (Å²) in [5.41, 5.74) is 0.0634. The highest BCUT2D eigenvalue weighted by Gasteiger charge is 2.25. The summed E-state index contributed by atoms with van der Waals surface area (Å²) in [6.07, 6.45) is 0.888. The highest BCUT2D eigenvalue weighted by molar-refractivity contribution is 5.67. The largest absolute Gasteiger partial charge is 0.481 e. The summed E-state index contributed by atoms with van der Waals surface area (Å²) >= 11 is 0. The maximum Gasteiger partial charge on any atom is 0.303 e. The van der Waals surface area contributed by atoms with Crippen LogP contribution in [0.5, 0.6) is 0 Å². The van der Waals surface area contributed by atoms with E-state index in [1.807, 2.05) is 4.90 Å². The van der Waals surface area contributed by atoms with Crippen LogP contribution in [0.15, 0.2) is 18.2 Å². The van der Waals surface area contributed by atoms with Crippen molar-refractivity contribution >= 4 is 5.97 Å². The molecule has 1 fully saturated rings. The Morgan fingerprint density at radius 2 is 2.06 bits per heavy atom. The third-order valence-corrected chi connectivity index (χ3v) is 3.28. The van der Waals surface area contributed by atoms with Crippen molar-refractivity contribution in [1.82, 2.24) is 4.90 Å². The first-order chi connectivity index (χ1) is 8.56. The Balaban J connectivity index is 1.97. The molecule has 1 atom stereocenters. The Morgan fingerprint density at radius 1 is 1.39 bits per heavy atom. The molecule has 1 saturated heterocycles. The van der Waals surface area contributed by atoms with E-state index in [0.29, 0.717) is 13.1 Å². The maximum atomic E-state index is 13.5. The topological polar surface area (TPSA) is 40.5 Å². The molecule has 0 spiro atoms. The number of carboxylic acid groups (broad SMARTS) is 1. The number of rotatable bonds is 4. The van der Waals surface area contributed by atoms with Crippen molar-refractivity contribution in [2.75, 3.05) is 13.1 Å². The monoisotopic (exact) mass is 255 g/mol. The first kappa shape index (κ1) is 13.0. The van der Waals surface area contributed by atoms with Crippen molar-refractivity contribution in [3.63, 3.8) is 0 Å². The van der Waals surface area contributed by atoms with Crippen molar-refractivity contribution < 1.29 is 18.7 Å². The van der Waals surface area contributed by atoms with E-state index in [0.717, 1.165) is 6.42 Å². The summed E-state index contributed by atoms with van der Waals surface area (Å²) in [6, 6.07) is 3.82. The summed E-state index contributed by atoms with van der Waals surface area (Å²) in [7, 11) is 0. The molecule has 0 aliphatic carbocycles.